The molecule has 0 aliphatic carbocycles. The topological polar surface area (TPSA) is 75.1 Å². The van der Waals surface area contributed by atoms with Crippen molar-refractivity contribution in [2.75, 3.05) is 6.61 Å². The molecule has 0 atom stereocenters. The van der Waals surface area contributed by atoms with Gasteiger partial charge in [0.05, 0.1) is 13.2 Å². The lowest BCUT2D eigenvalue weighted by Gasteiger charge is -2.01. The number of benzene rings is 1. The summed E-state index contributed by atoms with van der Waals surface area (Å²) in [5, 5.41) is 3.50. The summed E-state index contributed by atoms with van der Waals surface area (Å²) in [6.45, 7) is 2.37. The lowest BCUT2D eigenvalue weighted by molar-refractivity contribution is -0.137. The SMILES string of the molecule is CCOC(=O)C=Cc1ccccc1CN=[N+]=[N-]. The van der Waals surface area contributed by atoms with Crippen molar-refractivity contribution >= 4 is 12.0 Å². The van der Waals surface area contributed by atoms with Crippen molar-refractivity contribution in [3.05, 3.63) is 51.9 Å². The second-order valence-electron chi connectivity index (χ2n) is 3.17. The Morgan fingerprint density at radius 1 is 1.53 bits per heavy atom. The smallest absolute Gasteiger partial charge is 0.330 e. The first kappa shape index (κ1) is 12.8. The van der Waals surface area contributed by atoms with Crippen LogP contribution in [0.2, 0.25) is 0 Å². The number of carbonyl (C=O) groups is 1. The van der Waals surface area contributed by atoms with Crippen molar-refractivity contribution in [3.63, 3.8) is 0 Å². The number of rotatable bonds is 5. The minimum Gasteiger partial charge on any atom is -0.463 e. The normalized spacial score (nSPS) is 9.94. The average Bonchev–Trinajstić information content (AvgIpc) is 2.35. The number of nitrogens with zero attached hydrogens (tertiary/aromatic N) is 3. The average molecular weight is 231 g/mol. The van der Waals surface area contributed by atoms with Gasteiger partial charge in [0.15, 0.2) is 0 Å². The molecular formula is C12H13N3O2. The third-order valence-electron chi connectivity index (χ3n) is 2.04. The van der Waals surface area contributed by atoms with Gasteiger partial charge >= 0.3 is 5.97 Å². The van der Waals surface area contributed by atoms with Crippen LogP contribution in [0, 0.1) is 0 Å². The zero-order valence-electron chi connectivity index (χ0n) is 9.54. The van der Waals surface area contributed by atoms with Gasteiger partial charge in [-0.3, -0.25) is 0 Å². The minimum atomic E-state index is -0.383. The van der Waals surface area contributed by atoms with Gasteiger partial charge in [0.25, 0.3) is 0 Å². The molecule has 5 nitrogen and oxygen atoms in total. The summed E-state index contributed by atoms with van der Waals surface area (Å²) in [6.07, 6.45) is 3.01. The summed E-state index contributed by atoms with van der Waals surface area (Å²) in [4.78, 5) is 13.9. The molecule has 0 heterocycles. The number of azide groups is 1. The summed E-state index contributed by atoms with van der Waals surface area (Å²) < 4.78 is 4.78. The lowest BCUT2D eigenvalue weighted by atomic mass is 10.1. The first-order valence-electron chi connectivity index (χ1n) is 5.21. The first-order chi connectivity index (χ1) is 8.27. The largest absolute Gasteiger partial charge is 0.463 e. The van der Waals surface area contributed by atoms with Crippen LogP contribution in [0.3, 0.4) is 0 Å². The van der Waals surface area contributed by atoms with Crippen LogP contribution < -0.4 is 0 Å². The van der Waals surface area contributed by atoms with Crippen molar-refractivity contribution in [1.29, 1.82) is 0 Å². The van der Waals surface area contributed by atoms with Gasteiger partial charge in [-0.05, 0) is 29.7 Å². The molecule has 0 N–H and O–H groups in total. The van der Waals surface area contributed by atoms with Crippen LogP contribution in [0.15, 0.2) is 35.5 Å². The van der Waals surface area contributed by atoms with Crippen LogP contribution in [0.25, 0.3) is 16.5 Å². The summed E-state index contributed by atoms with van der Waals surface area (Å²) in [5.74, 6) is -0.383. The maximum absolute atomic E-state index is 11.2. The molecule has 1 aromatic rings. The van der Waals surface area contributed by atoms with Crippen LogP contribution >= 0.6 is 0 Å². The maximum atomic E-state index is 11.2. The Balaban J connectivity index is 2.82. The number of hydrogen-bond acceptors (Lipinski definition) is 3. The summed E-state index contributed by atoms with van der Waals surface area (Å²) in [7, 11) is 0. The highest BCUT2D eigenvalue weighted by Crippen LogP contribution is 2.12. The van der Waals surface area contributed by atoms with Crippen molar-refractivity contribution in [2.45, 2.75) is 13.5 Å². The fraction of sp³-hybridized carbons (Fsp3) is 0.250. The molecule has 0 aliphatic heterocycles. The molecule has 1 rings (SSSR count). The molecular weight excluding hydrogens is 218 g/mol. The summed E-state index contributed by atoms with van der Waals surface area (Å²) in [5.41, 5.74) is 9.98. The molecule has 0 amide bonds. The quantitative estimate of drug-likeness (QED) is 0.257. The molecule has 0 saturated carbocycles. The Kier molecular flexibility index (Phi) is 5.34. The minimum absolute atomic E-state index is 0.264. The zero-order chi connectivity index (χ0) is 12.5. The van der Waals surface area contributed by atoms with Crippen molar-refractivity contribution in [3.8, 4) is 0 Å². The lowest BCUT2D eigenvalue weighted by Crippen LogP contribution is -1.98. The second kappa shape index (κ2) is 7.09. The van der Waals surface area contributed by atoms with E-state index in [1.165, 1.54) is 6.08 Å². The fourth-order valence-corrected chi connectivity index (χ4v) is 1.30. The van der Waals surface area contributed by atoms with E-state index in [-0.39, 0.29) is 12.5 Å². The summed E-state index contributed by atoms with van der Waals surface area (Å²) >= 11 is 0. The third kappa shape index (κ3) is 4.40. The predicted molar refractivity (Wildman–Crippen MR) is 65.0 cm³/mol. The molecule has 1 aromatic carbocycles. The van der Waals surface area contributed by atoms with Gasteiger partial charge in [-0.25, -0.2) is 4.79 Å². The Hall–Kier alpha value is -2.26. The highest BCUT2D eigenvalue weighted by molar-refractivity contribution is 5.87. The van der Waals surface area contributed by atoms with E-state index < -0.39 is 0 Å². The van der Waals surface area contributed by atoms with Crippen molar-refractivity contribution < 1.29 is 9.53 Å². The van der Waals surface area contributed by atoms with Gasteiger partial charge in [-0.2, -0.15) is 0 Å². The molecule has 0 bridgehead atoms. The second-order valence-corrected chi connectivity index (χ2v) is 3.17. The van der Waals surface area contributed by atoms with Gasteiger partial charge < -0.3 is 4.74 Å². The third-order valence-corrected chi connectivity index (χ3v) is 2.04. The molecule has 0 fully saturated rings. The van der Waals surface area contributed by atoms with Gasteiger partial charge in [0.2, 0.25) is 0 Å². The number of carbonyl (C=O) groups excluding carboxylic acids is 1. The van der Waals surface area contributed by atoms with Crippen LogP contribution in [0.5, 0.6) is 0 Å². The molecule has 0 saturated heterocycles. The Labute approximate surface area is 99.3 Å². The van der Waals surface area contributed by atoms with E-state index in [1.807, 2.05) is 24.3 Å². The van der Waals surface area contributed by atoms with Crippen LogP contribution in [-0.4, -0.2) is 12.6 Å². The molecule has 0 unspecified atom stereocenters. The van der Waals surface area contributed by atoms with Crippen molar-refractivity contribution in [1.82, 2.24) is 0 Å². The monoisotopic (exact) mass is 231 g/mol. The van der Waals surface area contributed by atoms with Gasteiger partial charge in [0, 0.05) is 11.0 Å². The van der Waals surface area contributed by atoms with Gasteiger partial charge in [-0.15, -0.1) is 0 Å². The van der Waals surface area contributed by atoms with E-state index in [1.54, 1.807) is 13.0 Å². The highest BCUT2D eigenvalue weighted by atomic mass is 16.5. The van der Waals surface area contributed by atoms with Crippen LogP contribution in [-0.2, 0) is 16.1 Å². The Morgan fingerprint density at radius 2 is 2.29 bits per heavy atom. The molecule has 0 radical (unpaired) electrons. The van der Waals surface area contributed by atoms with Gasteiger partial charge in [0.1, 0.15) is 0 Å². The van der Waals surface area contributed by atoms with E-state index in [9.17, 15) is 4.79 Å². The molecule has 17 heavy (non-hydrogen) atoms. The summed E-state index contributed by atoms with van der Waals surface area (Å²) in [6, 6.07) is 7.39. The number of ether oxygens (including phenoxy) is 1. The number of hydrogen-bond donors (Lipinski definition) is 0. The Morgan fingerprint density at radius 3 is 3.00 bits per heavy atom. The fourth-order valence-electron chi connectivity index (χ4n) is 1.30. The zero-order valence-corrected chi connectivity index (χ0v) is 9.54. The molecule has 0 aliphatic rings. The molecule has 0 aromatic heterocycles. The van der Waals surface area contributed by atoms with Crippen LogP contribution in [0.1, 0.15) is 18.1 Å². The predicted octanol–water partition coefficient (Wildman–Crippen LogP) is 3.07. The van der Waals surface area contributed by atoms with Crippen LogP contribution in [0.4, 0.5) is 0 Å². The van der Waals surface area contributed by atoms with Crippen molar-refractivity contribution in [2.24, 2.45) is 5.11 Å². The van der Waals surface area contributed by atoms with E-state index in [0.717, 1.165) is 11.1 Å². The van der Waals surface area contributed by atoms with Gasteiger partial charge in [-0.1, -0.05) is 29.4 Å². The number of esters is 1. The molecule has 5 heteroatoms. The van der Waals surface area contributed by atoms with E-state index in [2.05, 4.69) is 10.0 Å². The molecule has 0 spiro atoms. The maximum Gasteiger partial charge on any atom is 0.330 e. The first-order valence-corrected chi connectivity index (χ1v) is 5.21. The van der Waals surface area contributed by atoms with E-state index in [4.69, 9.17) is 10.3 Å². The standard InChI is InChI=1S/C12H13N3O2/c1-2-17-12(16)8-7-10-5-3-4-6-11(10)9-14-15-13/h3-8H,2,9H2,1H3. The molecule has 88 valence electrons. The van der Waals surface area contributed by atoms with E-state index >= 15 is 0 Å². The van der Waals surface area contributed by atoms with E-state index in [0.29, 0.717) is 6.61 Å². The highest BCUT2D eigenvalue weighted by Gasteiger charge is 1.98. The Bertz CT molecular complexity index is 463.